The minimum absolute atomic E-state index is 0.0861. The first kappa shape index (κ1) is 13.3. The third kappa shape index (κ3) is 2.81. The van der Waals surface area contributed by atoms with Crippen molar-refractivity contribution in [3.63, 3.8) is 0 Å². The molecule has 1 fully saturated rings. The van der Waals surface area contributed by atoms with Crippen LogP contribution in [0.2, 0.25) is 0 Å². The molecule has 1 aliphatic heterocycles. The van der Waals surface area contributed by atoms with Gasteiger partial charge in [-0.3, -0.25) is 9.59 Å². The number of imide groups is 1. The smallest absolute Gasteiger partial charge is 0.259 e. The first-order chi connectivity index (χ1) is 9.13. The van der Waals surface area contributed by atoms with Crippen molar-refractivity contribution in [3.8, 4) is 11.8 Å². The van der Waals surface area contributed by atoms with Gasteiger partial charge in [0.1, 0.15) is 19.8 Å². The minimum Gasteiger partial charge on any atom is -0.384 e. The lowest BCUT2D eigenvalue weighted by Gasteiger charge is -2.26. The molecule has 1 heterocycles. The third-order valence-electron chi connectivity index (χ3n) is 2.70. The lowest BCUT2D eigenvalue weighted by atomic mass is 10.1. The standard InChI is InChI=1S/C14H13NO4/c1-10-7-11(3-2-6-16)4-5-12(10)15-13(17)8-19-9-14(15)18/h4-5,7,16H,6,8-9H2,1H3. The molecular weight excluding hydrogens is 246 g/mol. The Balaban J connectivity index is 2.35. The molecule has 0 unspecified atom stereocenters. The van der Waals surface area contributed by atoms with Crippen LogP contribution >= 0.6 is 0 Å². The molecule has 0 aromatic heterocycles. The first-order valence-corrected chi connectivity index (χ1v) is 5.77. The molecule has 5 nitrogen and oxygen atoms in total. The molecule has 19 heavy (non-hydrogen) atoms. The zero-order chi connectivity index (χ0) is 13.8. The second-order valence-corrected chi connectivity index (χ2v) is 4.08. The molecule has 1 aliphatic rings. The highest BCUT2D eigenvalue weighted by molar-refractivity contribution is 6.17. The predicted octanol–water partition coefficient (Wildman–Crippen LogP) is 0.229. The van der Waals surface area contributed by atoms with Crippen LogP contribution in [0.3, 0.4) is 0 Å². The summed E-state index contributed by atoms with van der Waals surface area (Å²) in [5.74, 6) is 4.59. The Morgan fingerprint density at radius 3 is 2.58 bits per heavy atom. The van der Waals surface area contributed by atoms with Crippen molar-refractivity contribution in [2.24, 2.45) is 0 Å². The van der Waals surface area contributed by atoms with E-state index in [9.17, 15) is 9.59 Å². The number of aryl methyl sites for hydroxylation is 1. The van der Waals surface area contributed by atoms with Crippen LogP contribution in [-0.2, 0) is 14.3 Å². The second-order valence-electron chi connectivity index (χ2n) is 4.08. The summed E-state index contributed by atoms with van der Waals surface area (Å²) in [7, 11) is 0. The summed E-state index contributed by atoms with van der Waals surface area (Å²) in [5.41, 5.74) is 2.05. The zero-order valence-corrected chi connectivity index (χ0v) is 10.5. The third-order valence-corrected chi connectivity index (χ3v) is 2.70. The average molecular weight is 259 g/mol. The van der Waals surface area contributed by atoms with E-state index in [1.165, 1.54) is 0 Å². The van der Waals surface area contributed by atoms with Gasteiger partial charge < -0.3 is 9.84 Å². The van der Waals surface area contributed by atoms with E-state index in [-0.39, 0.29) is 31.6 Å². The van der Waals surface area contributed by atoms with Gasteiger partial charge in [0.2, 0.25) is 0 Å². The Labute approximate surface area is 110 Å². The van der Waals surface area contributed by atoms with Crippen molar-refractivity contribution in [3.05, 3.63) is 29.3 Å². The summed E-state index contributed by atoms with van der Waals surface area (Å²) >= 11 is 0. The van der Waals surface area contributed by atoms with Gasteiger partial charge in [-0.1, -0.05) is 11.8 Å². The maximum atomic E-state index is 11.7. The molecule has 1 aromatic rings. The van der Waals surface area contributed by atoms with Crippen molar-refractivity contribution in [1.82, 2.24) is 0 Å². The van der Waals surface area contributed by atoms with Gasteiger partial charge in [0, 0.05) is 5.56 Å². The molecule has 0 spiro atoms. The van der Waals surface area contributed by atoms with Crippen molar-refractivity contribution < 1.29 is 19.4 Å². The van der Waals surface area contributed by atoms with Crippen LogP contribution in [0, 0.1) is 18.8 Å². The van der Waals surface area contributed by atoms with Gasteiger partial charge in [-0.2, -0.15) is 0 Å². The number of ether oxygens (including phenoxy) is 1. The number of rotatable bonds is 1. The summed E-state index contributed by atoms with van der Waals surface area (Å²) in [6.45, 7) is 1.42. The summed E-state index contributed by atoms with van der Waals surface area (Å²) in [5, 5.41) is 8.64. The molecule has 5 heteroatoms. The normalized spacial score (nSPS) is 15.2. The van der Waals surface area contributed by atoms with E-state index in [1.54, 1.807) is 25.1 Å². The van der Waals surface area contributed by atoms with Crippen LogP contribution in [0.1, 0.15) is 11.1 Å². The molecule has 1 aromatic carbocycles. The number of nitrogens with zero attached hydrogens (tertiary/aromatic N) is 1. The fourth-order valence-corrected chi connectivity index (χ4v) is 1.89. The molecular formula is C14H13NO4. The van der Waals surface area contributed by atoms with E-state index in [2.05, 4.69) is 11.8 Å². The number of morpholine rings is 1. The molecule has 0 bridgehead atoms. The number of aliphatic hydroxyl groups excluding tert-OH is 1. The van der Waals surface area contributed by atoms with Crippen molar-refractivity contribution >= 4 is 17.5 Å². The summed E-state index contributed by atoms with van der Waals surface area (Å²) in [4.78, 5) is 24.6. The van der Waals surface area contributed by atoms with Gasteiger partial charge in [-0.15, -0.1) is 0 Å². The van der Waals surface area contributed by atoms with Crippen molar-refractivity contribution in [2.45, 2.75) is 6.92 Å². The number of aliphatic hydroxyl groups is 1. The number of carbonyl (C=O) groups is 2. The van der Waals surface area contributed by atoms with E-state index in [4.69, 9.17) is 9.84 Å². The van der Waals surface area contributed by atoms with Crippen molar-refractivity contribution in [1.29, 1.82) is 0 Å². The lowest BCUT2D eigenvalue weighted by molar-refractivity contribution is -0.138. The maximum absolute atomic E-state index is 11.7. The minimum atomic E-state index is -0.367. The van der Waals surface area contributed by atoms with E-state index < -0.39 is 0 Å². The van der Waals surface area contributed by atoms with E-state index in [1.807, 2.05) is 0 Å². The molecule has 98 valence electrons. The predicted molar refractivity (Wildman–Crippen MR) is 68.5 cm³/mol. The summed E-state index contributed by atoms with van der Waals surface area (Å²) < 4.78 is 4.87. The number of benzene rings is 1. The maximum Gasteiger partial charge on any atom is 0.259 e. The van der Waals surface area contributed by atoms with Crippen LogP contribution in [0.15, 0.2) is 18.2 Å². The molecule has 2 rings (SSSR count). The van der Waals surface area contributed by atoms with Gasteiger partial charge in [0.25, 0.3) is 11.8 Å². The van der Waals surface area contributed by atoms with Crippen LogP contribution < -0.4 is 4.90 Å². The Bertz CT molecular complexity index is 567. The molecule has 1 N–H and O–H groups in total. The highest BCUT2D eigenvalue weighted by atomic mass is 16.5. The van der Waals surface area contributed by atoms with Crippen molar-refractivity contribution in [2.75, 3.05) is 24.7 Å². The quantitative estimate of drug-likeness (QED) is 0.579. The van der Waals surface area contributed by atoms with E-state index in [0.717, 1.165) is 16.0 Å². The largest absolute Gasteiger partial charge is 0.384 e. The van der Waals surface area contributed by atoms with Gasteiger partial charge in [0.05, 0.1) is 5.69 Å². The molecule has 0 aliphatic carbocycles. The van der Waals surface area contributed by atoms with Gasteiger partial charge in [-0.25, -0.2) is 4.90 Å². The fourth-order valence-electron chi connectivity index (χ4n) is 1.89. The van der Waals surface area contributed by atoms with Crippen LogP contribution in [-0.4, -0.2) is 36.7 Å². The van der Waals surface area contributed by atoms with E-state index in [0.29, 0.717) is 5.69 Å². The van der Waals surface area contributed by atoms with Gasteiger partial charge in [0.15, 0.2) is 0 Å². The van der Waals surface area contributed by atoms with Gasteiger partial charge >= 0.3 is 0 Å². The topological polar surface area (TPSA) is 66.8 Å². The first-order valence-electron chi connectivity index (χ1n) is 5.77. The highest BCUT2D eigenvalue weighted by Crippen LogP contribution is 2.23. The van der Waals surface area contributed by atoms with Gasteiger partial charge in [-0.05, 0) is 30.7 Å². The Hall–Kier alpha value is -2.16. The average Bonchev–Trinajstić information content (AvgIpc) is 2.38. The van der Waals surface area contributed by atoms with Crippen LogP contribution in [0.25, 0.3) is 0 Å². The Kier molecular flexibility index (Phi) is 3.95. The molecule has 1 saturated heterocycles. The molecule has 0 radical (unpaired) electrons. The Morgan fingerprint density at radius 2 is 2.00 bits per heavy atom. The molecule has 0 atom stereocenters. The second kappa shape index (κ2) is 5.65. The number of hydrogen-bond donors (Lipinski definition) is 1. The summed E-state index contributed by atoms with van der Waals surface area (Å²) in [6.07, 6.45) is 0. The molecule has 0 saturated carbocycles. The monoisotopic (exact) mass is 259 g/mol. The molecule has 2 amide bonds. The number of anilines is 1. The number of hydrogen-bond acceptors (Lipinski definition) is 4. The zero-order valence-electron chi connectivity index (χ0n) is 10.5. The van der Waals surface area contributed by atoms with E-state index >= 15 is 0 Å². The fraction of sp³-hybridized carbons (Fsp3) is 0.286. The highest BCUT2D eigenvalue weighted by Gasteiger charge is 2.28. The van der Waals surface area contributed by atoms with Crippen LogP contribution in [0.4, 0.5) is 5.69 Å². The number of carbonyl (C=O) groups excluding carboxylic acids is 2. The SMILES string of the molecule is Cc1cc(C#CCO)ccc1N1C(=O)COCC1=O. The summed E-state index contributed by atoms with van der Waals surface area (Å²) in [6, 6.07) is 5.16. The number of amides is 2. The lowest BCUT2D eigenvalue weighted by Crippen LogP contribution is -2.46. The van der Waals surface area contributed by atoms with Crippen LogP contribution in [0.5, 0.6) is 0 Å². The Morgan fingerprint density at radius 1 is 1.32 bits per heavy atom.